The fraction of sp³-hybridized carbons (Fsp3) is 0.625. The van der Waals surface area contributed by atoms with E-state index in [2.05, 4.69) is 4.98 Å². The maximum Gasteiger partial charge on any atom is 0.417 e. The molecule has 1 atom stereocenters. The van der Waals surface area contributed by atoms with Crippen LogP contribution in [-0.4, -0.2) is 41.3 Å². The molecule has 1 aromatic heterocycles. The van der Waals surface area contributed by atoms with E-state index in [-0.39, 0.29) is 24.5 Å². The Balaban J connectivity index is 1.81. The summed E-state index contributed by atoms with van der Waals surface area (Å²) in [4.78, 5) is 17.2. The average molecular weight is 346 g/mol. The molecule has 1 aromatic rings. The summed E-state index contributed by atoms with van der Waals surface area (Å²) < 4.78 is 48.1. The van der Waals surface area contributed by atoms with Crippen LogP contribution >= 0.6 is 0 Å². The van der Waals surface area contributed by atoms with Gasteiger partial charge in [-0.2, -0.15) is 13.2 Å². The number of amides is 1. The van der Waals surface area contributed by atoms with Crippen molar-refractivity contribution in [3.8, 4) is 5.88 Å². The molecule has 0 bridgehead atoms. The normalized spacial score (nSPS) is 18.6. The highest BCUT2D eigenvalue weighted by Gasteiger charge is 2.31. The maximum atomic E-state index is 12.5. The second-order valence-electron chi connectivity index (χ2n) is 6.77. The monoisotopic (exact) mass is 346 g/mol. The predicted molar refractivity (Wildman–Crippen MR) is 80.6 cm³/mol. The zero-order valence-electron chi connectivity index (χ0n) is 13.9. The van der Waals surface area contributed by atoms with Crippen LogP contribution in [0.2, 0.25) is 0 Å². The number of aromatic nitrogens is 1. The summed E-state index contributed by atoms with van der Waals surface area (Å²) >= 11 is 0. The highest BCUT2D eigenvalue weighted by Crippen LogP contribution is 2.29. The van der Waals surface area contributed by atoms with Crippen LogP contribution < -0.4 is 4.74 Å². The number of alkyl halides is 3. The molecule has 0 saturated carbocycles. The second kappa shape index (κ2) is 6.86. The Hall–Kier alpha value is -1.99. The molecule has 2 rings (SSSR count). The van der Waals surface area contributed by atoms with Crippen molar-refractivity contribution in [2.75, 3.05) is 19.7 Å². The molecule has 1 aliphatic rings. The van der Waals surface area contributed by atoms with E-state index < -0.39 is 17.3 Å². The number of carbonyl (C=O) groups is 1. The lowest BCUT2D eigenvalue weighted by atomic mass is 10.1. The van der Waals surface area contributed by atoms with E-state index in [0.29, 0.717) is 13.1 Å². The molecule has 5 nitrogen and oxygen atoms in total. The second-order valence-corrected chi connectivity index (χ2v) is 6.77. The van der Waals surface area contributed by atoms with E-state index in [1.165, 1.54) is 6.07 Å². The fourth-order valence-corrected chi connectivity index (χ4v) is 2.30. The van der Waals surface area contributed by atoms with Gasteiger partial charge in [0.25, 0.3) is 0 Å². The Kier molecular flexibility index (Phi) is 5.25. The minimum atomic E-state index is -4.41. The third-order valence-corrected chi connectivity index (χ3v) is 3.47. The van der Waals surface area contributed by atoms with Crippen molar-refractivity contribution in [2.24, 2.45) is 5.92 Å². The van der Waals surface area contributed by atoms with Crippen molar-refractivity contribution in [1.29, 1.82) is 0 Å². The van der Waals surface area contributed by atoms with Crippen molar-refractivity contribution < 1.29 is 27.4 Å². The number of pyridine rings is 1. The number of hydrogen-bond acceptors (Lipinski definition) is 4. The highest BCUT2D eigenvalue weighted by molar-refractivity contribution is 5.68. The lowest BCUT2D eigenvalue weighted by Crippen LogP contribution is -2.35. The first-order valence-electron chi connectivity index (χ1n) is 7.68. The van der Waals surface area contributed by atoms with Crippen LogP contribution in [-0.2, 0) is 10.9 Å². The summed E-state index contributed by atoms with van der Waals surface area (Å²) in [7, 11) is 0. The number of halogens is 3. The third-order valence-electron chi connectivity index (χ3n) is 3.47. The molecule has 1 fully saturated rings. The van der Waals surface area contributed by atoms with E-state index in [0.717, 1.165) is 18.7 Å². The smallest absolute Gasteiger partial charge is 0.417 e. The van der Waals surface area contributed by atoms with Crippen LogP contribution in [0.1, 0.15) is 32.8 Å². The lowest BCUT2D eigenvalue weighted by molar-refractivity contribution is -0.137. The van der Waals surface area contributed by atoms with Crippen molar-refractivity contribution >= 4 is 6.09 Å². The SMILES string of the molecule is CC(C)(C)OC(=O)N1CC[C@@H](COc2ccc(C(F)(F)F)cn2)C1. The largest absolute Gasteiger partial charge is 0.477 e. The summed E-state index contributed by atoms with van der Waals surface area (Å²) in [5, 5.41) is 0. The Morgan fingerprint density at radius 2 is 2.04 bits per heavy atom. The first kappa shape index (κ1) is 18.4. The minimum absolute atomic E-state index is 0.0987. The topological polar surface area (TPSA) is 51.7 Å². The Morgan fingerprint density at radius 1 is 1.33 bits per heavy atom. The third kappa shape index (κ3) is 5.28. The fourth-order valence-electron chi connectivity index (χ4n) is 2.30. The Morgan fingerprint density at radius 3 is 2.58 bits per heavy atom. The molecule has 2 heterocycles. The van der Waals surface area contributed by atoms with E-state index in [9.17, 15) is 18.0 Å². The maximum absolute atomic E-state index is 12.5. The van der Waals surface area contributed by atoms with Gasteiger partial charge in [0.05, 0.1) is 12.2 Å². The van der Waals surface area contributed by atoms with Crippen LogP contribution in [0.15, 0.2) is 18.3 Å². The van der Waals surface area contributed by atoms with Crippen molar-refractivity contribution in [3.63, 3.8) is 0 Å². The lowest BCUT2D eigenvalue weighted by Gasteiger charge is -2.24. The first-order valence-corrected chi connectivity index (χ1v) is 7.68. The molecular weight excluding hydrogens is 325 g/mol. The van der Waals surface area contributed by atoms with Gasteiger partial charge in [-0.1, -0.05) is 0 Å². The van der Waals surface area contributed by atoms with Gasteiger partial charge in [-0.3, -0.25) is 0 Å². The van der Waals surface area contributed by atoms with Crippen molar-refractivity contribution in [2.45, 2.75) is 39.0 Å². The molecule has 134 valence electrons. The predicted octanol–water partition coefficient (Wildman–Crippen LogP) is 3.74. The zero-order chi connectivity index (χ0) is 18.0. The van der Waals surface area contributed by atoms with Gasteiger partial charge >= 0.3 is 12.3 Å². The summed E-state index contributed by atoms with van der Waals surface area (Å²) in [6, 6.07) is 2.13. The van der Waals surface area contributed by atoms with Gasteiger partial charge in [0.2, 0.25) is 5.88 Å². The summed E-state index contributed by atoms with van der Waals surface area (Å²) in [5.41, 5.74) is -1.36. The quantitative estimate of drug-likeness (QED) is 0.837. The van der Waals surface area contributed by atoms with E-state index in [1.54, 1.807) is 25.7 Å². The molecule has 1 amide bonds. The van der Waals surface area contributed by atoms with Gasteiger partial charge in [0.1, 0.15) is 5.60 Å². The van der Waals surface area contributed by atoms with Crippen LogP contribution in [0, 0.1) is 5.92 Å². The van der Waals surface area contributed by atoms with Gasteiger partial charge in [0.15, 0.2) is 0 Å². The van der Waals surface area contributed by atoms with E-state index in [1.807, 2.05) is 0 Å². The van der Waals surface area contributed by atoms with Gasteiger partial charge in [-0.15, -0.1) is 0 Å². The first-order chi connectivity index (χ1) is 11.0. The summed E-state index contributed by atoms with van der Waals surface area (Å²) in [5.74, 6) is 0.236. The number of rotatable bonds is 3. The number of nitrogens with zero attached hydrogens (tertiary/aromatic N) is 2. The highest BCUT2D eigenvalue weighted by atomic mass is 19.4. The van der Waals surface area contributed by atoms with Crippen LogP contribution in [0.5, 0.6) is 5.88 Å². The molecule has 1 saturated heterocycles. The van der Waals surface area contributed by atoms with Gasteiger partial charge in [-0.05, 0) is 33.3 Å². The molecule has 0 N–H and O–H groups in total. The number of likely N-dealkylation sites (tertiary alicyclic amines) is 1. The molecule has 0 radical (unpaired) electrons. The standard InChI is InChI=1S/C16H21F3N2O3/c1-15(2,3)24-14(22)21-7-6-11(9-21)10-23-13-5-4-12(8-20-13)16(17,18)19/h4-5,8,11H,6-7,9-10H2,1-3H3/t11-/m1/s1. The Labute approximate surface area is 138 Å². The molecule has 24 heavy (non-hydrogen) atoms. The van der Waals surface area contributed by atoms with E-state index in [4.69, 9.17) is 9.47 Å². The van der Waals surface area contributed by atoms with Crippen LogP contribution in [0.3, 0.4) is 0 Å². The van der Waals surface area contributed by atoms with Gasteiger partial charge in [-0.25, -0.2) is 9.78 Å². The minimum Gasteiger partial charge on any atom is -0.477 e. The average Bonchev–Trinajstić information content (AvgIpc) is 2.92. The molecule has 0 aliphatic carbocycles. The van der Waals surface area contributed by atoms with Gasteiger partial charge in [0, 0.05) is 31.3 Å². The molecular formula is C16H21F3N2O3. The molecule has 8 heteroatoms. The Bertz CT molecular complexity index is 567. The zero-order valence-corrected chi connectivity index (χ0v) is 13.9. The van der Waals surface area contributed by atoms with Crippen molar-refractivity contribution in [1.82, 2.24) is 9.88 Å². The summed E-state index contributed by atoms with van der Waals surface area (Å²) in [6.07, 6.45) is -3.28. The molecule has 0 unspecified atom stereocenters. The van der Waals surface area contributed by atoms with Crippen LogP contribution in [0.4, 0.5) is 18.0 Å². The molecule has 0 aromatic carbocycles. The number of hydrogen-bond donors (Lipinski definition) is 0. The molecule has 0 spiro atoms. The van der Waals surface area contributed by atoms with Gasteiger partial charge < -0.3 is 14.4 Å². The van der Waals surface area contributed by atoms with Crippen LogP contribution in [0.25, 0.3) is 0 Å². The number of carbonyl (C=O) groups excluding carboxylic acids is 1. The van der Waals surface area contributed by atoms with Crippen molar-refractivity contribution in [3.05, 3.63) is 23.9 Å². The number of ether oxygens (including phenoxy) is 2. The molecule has 1 aliphatic heterocycles. The summed E-state index contributed by atoms with van der Waals surface area (Å²) in [6.45, 7) is 6.77. The van der Waals surface area contributed by atoms with E-state index >= 15 is 0 Å².